The number of hydrogen-bond acceptors (Lipinski definition) is 6. The molecule has 1 saturated heterocycles. The molecular formula is C34H35N3O4. The number of esters is 1. The van der Waals surface area contributed by atoms with Crippen LogP contribution in [-0.4, -0.2) is 42.7 Å². The number of benzene rings is 3. The molecule has 5 rings (SSSR count). The van der Waals surface area contributed by atoms with Gasteiger partial charge in [0.25, 0.3) is 5.91 Å². The van der Waals surface area contributed by atoms with Crippen molar-refractivity contribution in [3.8, 4) is 11.3 Å². The number of carbonyl (C=O) groups excluding carboxylic acids is 2. The molecule has 0 spiro atoms. The van der Waals surface area contributed by atoms with Crippen LogP contribution in [0.25, 0.3) is 11.3 Å². The summed E-state index contributed by atoms with van der Waals surface area (Å²) in [4.78, 5) is 26.9. The monoisotopic (exact) mass is 549 g/mol. The van der Waals surface area contributed by atoms with Crippen LogP contribution in [0.4, 0.5) is 0 Å². The highest BCUT2D eigenvalue weighted by atomic mass is 16.5. The lowest BCUT2D eigenvalue weighted by Gasteiger charge is -2.32. The van der Waals surface area contributed by atoms with E-state index in [1.54, 1.807) is 37.3 Å². The first-order chi connectivity index (χ1) is 20.1. The number of ether oxygens (including phenoxy) is 1. The summed E-state index contributed by atoms with van der Waals surface area (Å²) in [5, 5.41) is 4.05. The number of hydrazone groups is 1. The van der Waals surface area contributed by atoms with Crippen LogP contribution >= 0.6 is 0 Å². The summed E-state index contributed by atoms with van der Waals surface area (Å²) in [6.07, 6.45) is 5.05. The molecule has 210 valence electrons. The second-order valence-electron chi connectivity index (χ2n) is 10.3. The Hall–Kier alpha value is -4.49. The van der Waals surface area contributed by atoms with Crippen LogP contribution in [-0.2, 0) is 17.7 Å². The van der Waals surface area contributed by atoms with Crippen LogP contribution in [0.2, 0.25) is 0 Å². The summed E-state index contributed by atoms with van der Waals surface area (Å²) in [6, 6.07) is 29.0. The molecule has 0 saturated carbocycles. The Balaban J connectivity index is 1.07. The molecule has 0 aliphatic carbocycles. The highest BCUT2D eigenvalue weighted by Gasteiger charge is 2.19. The molecule has 2 heterocycles. The third-order valence-corrected chi connectivity index (χ3v) is 7.36. The molecule has 1 aliphatic rings. The van der Waals surface area contributed by atoms with Crippen molar-refractivity contribution in [1.29, 1.82) is 0 Å². The van der Waals surface area contributed by atoms with E-state index in [2.05, 4.69) is 45.8 Å². The van der Waals surface area contributed by atoms with Gasteiger partial charge in [0.05, 0.1) is 18.4 Å². The normalized spacial score (nSPS) is 14.3. The fraction of sp³-hybridized carbons (Fsp3) is 0.265. The van der Waals surface area contributed by atoms with E-state index >= 15 is 0 Å². The summed E-state index contributed by atoms with van der Waals surface area (Å²) in [5.41, 5.74) is 7.04. The minimum atomic E-state index is -0.355. The van der Waals surface area contributed by atoms with E-state index in [0.717, 1.165) is 37.5 Å². The first kappa shape index (κ1) is 28.1. The van der Waals surface area contributed by atoms with Crippen molar-refractivity contribution in [2.24, 2.45) is 11.0 Å². The van der Waals surface area contributed by atoms with Crippen LogP contribution < -0.4 is 5.43 Å². The Labute approximate surface area is 240 Å². The Morgan fingerprint density at radius 3 is 2.32 bits per heavy atom. The summed E-state index contributed by atoms with van der Waals surface area (Å²) in [6.45, 7) is 5.20. The van der Waals surface area contributed by atoms with Crippen molar-refractivity contribution >= 4 is 18.1 Å². The van der Waals surface area contributed by atoms with E-state index in [1.165, 1.54) is 30.2 Å². The Morgan fingerprint density at radius 1 is 0.902 bits per heavy atom. The molecular weight excluding hydrogens is 514 g/mol. The third kappa shape index (κ3) is 7.80. The highest BCUT2D eigenvalue weighted by molar-refractivity contribution is 5.94. The van der Waals surface area contributed by atoms with Crippen LogP contribution in [0, 0.1) is 5.92 Å². The van der Waals surface area contributed by atoms with Gasteiger partial charge in [-0.05, 0) is 92.7 Å². The number of rotatable bonds is 10. The standard InChI is InChI=1S/C34H35N3O4/c1-2-40-34(39)30-14-12-28(13-15-30)32-17-16-31(41-32)23-35-36-33(38)29-10-8-27(9-11-29)24-37-20-18-26(19-21-37)22-25-6-4-3-5-7-25/h3-17,23,26H,2,18-22,24H2,1H3,(H,36,38)/b35-23-. The van der Waals surface area contributed by atoms with Crippen molar-refractivity contribution < 1.29 is 18.7 Å². The first-order valence-corrected chi connectivity index (χ1v) is 14.1. The van der Waals surface area contributed by atoms with Gasteiger partial charge in [0.2, 0.25) is 0 Å². The van der Waals surface area contributed by atoms with E-state index in [9.17, 15) is 9.59 Å². The van der Waals surface area contributed by atoms with Gasteiger partial charge in [-0.25, -0.2) is 10.2 Å². The van der Waals surface area contributed by atoms with Gasteiger partial charge in [-0.1, -0.05) is 54.6 Å². The molecule has 1 amide bonds. The third-order valence-electron chi connectivity index (χ3n) is 7.36. The molecule has 7 heteroatoms. The molecule has 0 atom stereocenters. The predicted molar refractivity (Wildman–Crippen MR) is 160 cm³/mol. The second-order valence-corrected chi connectivity index (χ2v) is 10.3. The van der Waals surface area contributed by atoms with Crippen molar-refractivity contribution in [2.45, 2.75) is 32.7 Å². The van der Waals surface area contributed by atoms with Gasteiger partial charge in [0.1, 0.15) is 11.5 Å². The number of amides is 1. The zero-order valence-electron chi connectivity index (χ0n) is 23.3. The fourth-order valence-electron chi connectivity index (χ4n) is 5.10. The van der Waals surface area contributed by atoms with Crippen molar-refractivity contribution in [1.82, 2.24) is 10.3 Å². The quantitative estimate of drug-likeness (QED) is 0.142. The Kier molecular flexibility index (Phi) is 9.39. The van der Waals surface area contributed by atoms with Crippen molar-refractivity contribution in [3.05, 3.63) is 119 Å². The smallest absolute Gasteiger partial charge is 0.338 e. The molecule has 1 fully saturated rings. The summed E-state index contributed by atoms with van der Waals surface area (Å²) >= 11 is 0. The number of nitrogens with one attached hydrogen (secondary N) is 1. The minimum absolute atomic E-state index is 0.282. The van der Waals surface area contributed by atoms with Crippen LogP contribution in [0.15, 0.2) is 101 Å². The van der Waals surface area contributed by atoms with E-state index in [1.807, 2.05) is 30.3 Å². The minimum Gasteiger partial charge on any atom is -0.462 e. The maximum absolute atomic E-state index is 12.6. The first-order valence-electron chi connectivity index (χ1n) is 14.1. The number of likely N-dealkylation sites (tertiary alicyclic amines) is 1. The number of hydrogen-bond donors (Lipinski definition) is 1. The number of carbonyl (C=O) groups is 2. The van der Waals surface area contributed by atoms with Gasteiger partial charge < -0.3 is 9.15 Å². The lowest BCUT2D eigenvalue weighted by molar-refractivity contribution is 0.0526. The molecule has 41 heavy (non-hydrogen) atoms. The van der Waals surface area contributed by atoms with Gasteiger partial charge in [-0.15, -0.1) is 0 Å². The predicted octanol–water partition coefficient (Wildman–Crippen LogP) is 6.34. The number of furan rings is 1. The average molecular weight is 550 g/mol. The Morgan fingerprint density at radius 2 is 1.61 bits per heavy atom. The molecule has 4 aromatic rings. The molecule has 1 aromatic heterocycles. The van der Waals surface area contributed by atoms with Gasteiger partial charge in [0.15, 0.2) is 0 Å². The van der Waals surface area contributed by atoms with Crippen molar-refractivity contribution in [2.75, 3.05) is 19.7 Å². The van der Waals surface area contributed by atoms with Gasteiger partial charge in [-0.2, -0.15) is 5.10 Å². The average Bonchev–Trinajstić information content (AvgIpc) is 3.48. The fourth-order valence-corrected chi connectivity index (χ4v) is 5.10. The zero-order chi connectivity index (χ0) is 28.4. The molecule has 1 aliphatic heterocycles. The molecule has 0 unspecified atom stereocenters. The highest BCUT2D eigenvalue weighted by Crippen LogP contribution is 2.24. The van der Waals surface area contributed by atoms with Crippen LogP contribution in [0.5, 0.6) is 0 Å². The van der Waals surface area contributed by atoms with E-state index < -0.39 is 0 Å². The van der Waals surface area contributed by atoms with E-state index in [0.29, 0.717) is 29.3 Å². The maximum Gasteiger partial charge on any atom is 0.338 e. The molecule has 3 aromatic carbocycles. The SMILES string of the molecule is CCOC(=O)c1ccc(-c2ccc(/C=N\NC(=O)c3ccc(CN4CCC(Cc5ccccc5)CC4)cc3)o2)cc1. The summed E-state index contributed by atoms with van der Waals surface area (Å²) in [7, 11) is 0. The molecule has 7 nitrogen and oxygen atoms in total. The summed E-state index contributed by atoms with van der Waals surface area (Å²) in [5.74, 6) is 1.24. The number of nitrogens with zero attached hydrogens (tertiary/aromatic N) is 2. The summed E-state index contributed by atoms with van der Waals surface area (Å²) < 4.78 is 10.8. The Bertz CT molecular complexity index is 1450. The van der Waals surface area contributed by atoms with Crippen LogP contribution in [0.3, 0.4) is 0 Å². The lowest BCUT2D eigenvalue weighted by Crippen LogP contribution is -2.33. The topological polar surface area (TPSA) is 84.1 Å². The van der Waals surface area contributed by atoms with Crippen LogP contribution in [0.1, 0.15) is 57.4 Å². The van der Waals surface area contributed by atoms with Crippen molar-refractivity contribution in [3.63, 3.8) is 0 Å². The zero-order valence-corrected chi connectivity index (χ0v) is 23.3. The lowest BCUT2D eigenvalue weighted by atomic mass is 9.90. The largest absolute Gasteiger partial charge is 0.462 e. The maximum atomic E-state index is 12.6. The van der Waals surface area contributed by atoms with Gasteiger partial charge >= 0.3 is 5.97 Å². The molecule has 0 bridgehead atoms. The number of piperidine rings is 1. The molecule has 1 N–H and O–H groups in total. The van der Waals surface area contributed by atoms with Gasteiger partial charge in [-0.3, -0.25) is 9.69 Å². The van der Waals surface area contributed by atoms with Gasteiger partial charge in [0, 0.05) is 17.7 Å². The molecule has 0 radical (unpaired) electrons. The van der Waals surface area contributed by atoms with E-state index in [4.69, 9.17) is 9.15 Å². The van der Waals surface area contributed by atoms with E-state index in [-0.39, 0.29) is 11.9 Å². The second kappa shape index (κ2) is 13.7.